The molecule has 1 N–H and O–H groups in total. The average Bonchev–Trinajstić information content (AvgIpc) is 2.61. The van der Waals surface area contributed by atoms with Gasteiger partial charge in [-0.25, -0.2) is 9.59 Å². The smallest absolute Gasteiger partial charge is 0.339 e. The highest BCUT2D eigenvalue weighted by molar-refractivity contribution is 6.02. The van der Waals surface area contributed by atoms with Crippen molar-refractivity contribution >= 4 is 11.9 Å². The van der Waals surface area contributed by atoms with Crippen molar-refractivity contribution in [2.24, 2.45) is 5.41 Å². The Morgan fingerprint density at radius 2 is 1.54 bits per heavy atom. The van der Waals surface area contributed by atoms with E-state index in [4.69, 9.17) is 4.74 Å². The summed E-state index contributed by atoms with van der Waals surface area (Å²) < 4.78 is 5.57. The molecule has 0 saturated heterocycles. The molecular weight excluding hydrogens is 304 g/mol. The van der Waals surface area contributed by atoms with E-state index in [-0.39, 0.29) is 16.5 Å². The summed E-state index contributed by atoms with van der Waals surface area (Å²) in [6, 6.07) is 6.21. The Balaban J connectivity index is 2.85. The highest BCUT2D eigenvalue weighted by Gasteiger charge is 2.29. The fraction of sp³-hybridized carbons (Fsp3) is 0.600. The Morgan fingerprint density at radius 3 is 2.00 bits per heavy atom. The number of hydrogen-bond donors (Lipinski definition) is 1. The molecule has 0 aliphatic carbocycles. The van der Waals surface area contributed by atoms with E-state index in [1.165, 1.54) is 12.1 Å². The first-order valence-electron chi connectivity index (χ1n) is 8.99. The van der Waals surface area contributed by atoms with Gasteiger partial charge in [-0.1, -0.05) is 58.6 Å². The summed E-state index contributed by atoms with van der Waals surface area (Å²) >= 11 is 0. The van der Waals surface area contributed by atoms with Crippen LogP contribution < -0.4 is 0 Å². The van der Waals surface area contributed by atoms with E-state index in [0.717, 1.165) is 44.9 Å². The monoisotopic (exact) mass is 334 g/mol. The second-order valence-electron chi connectivity index (χ2n) is 6.49. The molecule has 0 aromatic heterocycles. The lowest BCUT2D eigenvalue weighted by Crippen LogP contribution is -2.28. The molecule has 0 aliphatic heterocycles. The van der Waals surface area contributed by atoms with Gasteiger partial charge in [0, 0.05) is 5.41 Å². The summed E-state index contributed by atoms with van der Waals surface area (Å²) in [5, 5.41) is 9.21. The minimum Gasteiger partial charge on any atom is -0.478 e. The predicted molar refractivity (Wildman–Crippen MR) is 95.5 cm³/mol. The van der Waals surface area contributed by atoms with Gasteiger partial charge in [0.05, 0.1) is 17.7 Å². The summed E-state index contributed by atoms with van der Waals surface area (Å²) in [6.45, 7) is 6.82. The van der Waals surface area contributed by atoms with E-state index < -0.39 is 11.9 Å². The van der Waals surface area contributed by atoms with Gasteiger partial charge in [0.25, 0.3) is 0 Å². The second-order valence-corrected chi connectivity index (χ2v) is 6.49. The lowest BCUT2D eigenvalue weighted by atomic mass is 9.77. The van der Waals surface area contributed by atoms with Crippen LogP contribution in [0.3, 0.4) is 0 Å². The van der Waals surface area contributed by atoms with Crippen LogP contribution >= 0.6 is 0 Å². The van der Waals surface area contributed by atoms with Crippen molar-refractivity contribution in [2.75, 3.05) is 6.61 Å². The zero-order valence-corrected chi connectivity index (χ0v) is 15.1. The fourth-order valence-electron chi connectivity index (χ4n) is 2.97. The lowest BCUT2D eigenvalue weighted by Gasteiger charge is -2.32. The molecule has 0 radical (unpaired) electrons. The first-order valence-corrected chi connectivity index (χ1v) is 8.99. The maximum Gasteiger partial charge on any atom is 0.339 e. The van der Waals surface area contributed by atoms with Crippen molar-refractivity contribution in [2.45, 2.75) is 65.7 Å². The molecule has 0 saturated carbocycles. The topological polar surface area (TPSA) is 63.6 Å². The van der Waals surface area contributed by atoms with Crippen molar-refractivity contribution in [1.82, 2.24) is 0 Å². The predicted octanol–water partition coefficient (Wildman–Crippen LogP) is 5.32. The number of rotatable bonds is 11. The quantitative estimate of drug-likeness (QED) is 0.556. The summed E-state index contributed by atoms with van der Waals surface area (Å²) in [7, 11) is 0. The van der Waals surface area contributed by atoms with E-state index in [1.54, 1.807) is 12.1 Å². The molecule has 4 nitrogen and oxygen atoms in total. The number of unbranched alkanes of at least 4 members (excludes halogenated alkanes) is 2. The average molecular weight is 334 g/mol. The summed E-state index contributed by atoms with van der Waals surface area (Å²) in [5.41, 5.74) is 0.118. The van der Waals surface area contributed by atoms with E-state index >= 15 is 0 Å². The molecule has 1 aromatic carbocycles. The lowest BCUT2D eigenvalue weighted by molar-refractivity contribution is 0.0205. The van der Waals surface area contributed by atoms with Crippen LogP contribution in [0.15, 0.2) is 24.3 Å². The van der Waals surface area contributed by atoms with Crippen LogP contribution in [0.25, 0.3) is 0 Å². The number of aromatic carboxylic acids is 1. The Bertz CT molecular complexity index is 528. The SMILES string of the molecule is CCCCC(CC)(CCCC)COC(=O)c1ccccc1C(=O)O. The van der Waals surface area contributed by atoms with Crippen LogP contribution in [-0.4, -0.2) is 23.7 Å². The molecule has 0 unspecified atom stereocenters. The highest BCUT2D eigenvalue weighted by Crippen LogP contribution is 2.35. The Hall–Kier alpha value is -1.84. The third-order valence-electron chi connectivity index (χ3n) is 4.76. The molecule has 0 heterocycles. The molecule has 0 amide bonds. The number of benzene rings is 1. The molecule has 0 aliphatic rings. The molecule has 4 heteroatoms. The first kappa shape index (κ1) is 20.2. The van der Waals surface area contributed by atoms with Crippen LogP contribution in [0.4, 0.5) is 0 Å². The number of hydrogen-bond acceptors (Lipinski definition) is 3. The van der Waals surface area contributed by atoms with E-state index in [2.05, 4.69) is 20.8 Å². The number of carbonyl (C=O) groups is 2. The first-order chi connectivity index (χ1) is 11.5. The van der Waals surface area contributed by atoms with Crippen LogP contribution in [-0.2, 0) is 4.74 Å². The van der Waals surface area contributed by atoms with Crippen molar-refractivity contribution in [3.05, 3.63) is 35.4 Å². The molecule has 0 atom stereocenters. The molecule has 0 bridgehead atoms. The van der Waals surface area contributed by atoms with E-state index in [1.807, 2.05) is 0 Å². The fourth-order valence-corrected chi connectivity index (χ4v) is 2.97. The molecule has 0 spiro atoms. The number of ether oxygens (including phenoxy) is 1. The Kier molecular flexibility index (Phi) is 8.51. The number of carboxylic acids is 1. The minimum atomic E-state index is -1.11. The molecule has 134 valence electrons. The van der Waals surface area contributed by atoms with Crippen LogP contribution in [0.1, 0.15) is 86.4 Å². The molecular formula is C20H30O4. The third kappa shape index (κ3) is 5.66. The van der Waals surface area contributed by atoms with E-state index in [0.29, 0.717) is 6.61 Å². The zero-order chi connectivity index (χ0) is 18.0. The van der Waals surface area contributed by atoms with Gasteiger partial charge in [-0.3, -0.25) is 0 Å². The largest absolute Gasteiger partial charge is 0.478 e. The summed E-state index contributed by atoms with van der Waals surface area (Å²) in [5.74, 6) is -1.65. The van der Waals surface area contributed by atoms with Crippen molar-refractivity contribution in [3.8, 4) is 0 Å². The Morgan fingerprint density at radius 1 is 1.00 bits per heavy atom. The second kappa shape index (κ2) is 10.1. The van der Waals surface area contributed by atoms with Crippen LogP contribution in [0.2, 0.25) is 0 Å². The Labute approximate surface area is 145 Å². The molecule has 24 heavy (non-hydrogen) atoms. The third-order valence-corrected chi connectivity index (χ3v) is 4.76. The van der Waals surface area contributed by atoms with Gasteiger partial charge in [-0.15, -0.1) is 0 Å². The minimum absolute atomic E-state index is 0.000152. The standard InChI is InChI=1S/C20H30O4/c1-4-7-13-20(6-3,14-8-5-2)15-24-19(23)17-12-10-9-11-16(17)18(21)22/h9-12H,4-8,13-15H2,1-3H3,(H,21,22). The molecule has 1 rings (SSSR count). The highest BCUT2D eigenvalue weighted by atomic mass is 16.5. The van der Waals surface area contributed by atoms with Crippen molar-refractivity contribution in [1.29, 1.82) is 0 Å². The van der Waals surface area contributed by atoms with Crippen LogP contribution in [0, 0.1) is 5.41 Å². The van der Waals surface area contributed by atoms with Crippen molar-refractivity contribution < 1.29 is 19.4 Å². The summed E-state index contributed by atoms with van der Waals surface area (Å²) in [4.78, 5) is 23.7. The van der Waals surface area contributed by atoms with E-state index in [9.17, 15) is 14.7 Å². The zero-order valence-electron chi connectivity index (χ0n) is 15.1. The number of esters is 1. The van der Waals surface area contributed by atoms with Gasteiger partial charge in [-0.05, 0) is 31.4 Å². The number of carboxylic acid groups (broad SMARTS) is 1. The van der Waals surface area contributed by atoms with Crippen molar-refractivity contribution in [3.63, 3.8) is 0 Å². The summed E-state index contributed by atoms with van der Waals surface area (Å²) in [6.07, 6.45) is 7.48. The van der Waals surface area contributed by atoms with Gasteiger partial charge in [0.1, 0.15) is 0 Å². The van der Waals surface area contributed by atoms with Gasteiger partial charge >= 0.3 is 11.9 Å². The maximum absolute atomic E-state index is 12.4. The van der Waals surface area contributed by atoms with Crippen LogP contribution in [0.5, 0.6) is 0 Å². The van der Waals surface area contributed by atoms with Gasteiger partial charge in [-0.2, -0.15) is 0 Å². The maximum atomic E-state index is 12.4. The molecule has 1 aromatic rings. The van der Waals surface area contributed by atoms with Gasteiger partial charge < -0.3 is 9.84 Å². The molecule has 0 fully saturated rings. The number of carbonyl (C=O) groups excluding carboxylic acids is 1. The van der Waals surface area contributed by atoms with Gasteiger partial charge in [0.15, 0.2) is 0 Å². The van der Waals surface area contributed by atoms with Gasteiger partial charge in [0.2, 0.25) is 0 Å². The normalized spacial score (nSPS) is 11.3.